The summed E-state index contributed by atoms with van der Waals surface area (Å²) in [5.74, 6) is -0.240. The van der Waals surface area contributed by atoms with Crippen molar-refractivity contribution in [3.05, 3.63) is 68.9 Å². The molecule has 2 rings (SSSR count). The molecule has 1 atom stereocenters. The van der Waals surface area contributed by atoms with Gasteiger partial charge in [0, 0.05) is 4.47 Å². The Balaban J connectivity index is 2.42. The van der Waals surface area contributed by atoms with Gasteiger partial charge in [0.25, 0.3) is 0 Å². The zero-order valence-corrected chi connectivity index (χ0v) is 12.1. The van der Waals surface area contributed by atoms with Gasteiger partial charge in [0.1, 0.15) is 5.82 Å². The van der Waals surface area contributed by atoms with Gasteiger partial charge in [0.05, 0.1) is 11.1 Å². The summed E-state index contributed by atoms with van der Waals surface area (Å²) in [6.45, 7) is 0. The highest BCUT2D eigenvalue weighted by Crippen LogP contribution is 2.29. The lowest BCUT2D eigenvalue weighted by atomic mass is 9.99. The van der Waals surface area contributed by atoms with Crippen LogP contribution in [-0.2, 0) is 0 Å². The molecule has 0 spiro atoms. The van der Waals surface area contributed by atoms with E-state index >= 15 is 0 Å². The average Bonchev–Trinajstić information content (AvgIpc) is 2.35. The zero-order valence-electron chi connectivity index (χ0n) is 9.75. The highest BCUT2D eigenvalue weighted by molar-refractivity contribution is 9.10. The fourth-order valence-electron chi connectivity index (χ4n) is 1.90. The lowest BCUT2D eigenvalue weighted by molar-refractivity contribution is 0.617. The van der Waals surface area contributed by atoms with Crippen LogP contribution < -0.4 is 5.32 Å². The van der Waals surface area contributed by atoms with E-state index < -0.39 is 0 Å². The van der Waals surface area contributed by atoms with E-state index in [0.717, 1.165) is 15.6 Å². The Kier molecular flexibility index (Phi) is 4.38. The Labute approximate surface area is 119 Å². The van der Waals surface area contributed by atoms with Gasteiger partial charge in [-0.05, 0) is 58.4 Å². The van der Waals surface area contributed by atoms with E-state index in [0.29, 0.717) is 5.02 Å². The topological polar surface area (TPSA) is 12.0 Å². The summed E-state index contributed by atoms with van der Waals surface area (Å²) >= 11 is 9.44. The molecular formula is C14H12BrClFN. The third-order valence-corrected chi connectivity index (χ3v) is 3.98. The monoisotopic (exact) mass is 327 g/mol. The summed E-state index contributed by atoms with van der Waals surface area (Å²) in [4.78, 5) is 0. The number of rotatable bonds is 3. The molecule has 2 aromatic rings. The molecule has 18 heavy (non-hydrogen) atoms. The molecule has 0 aliphatic heterocycles. The largest absolute Gasteiger partial charge is 0.309 e. The summed E-state index contributed by atoms with van der Waals surface area (Å²) in [6, 6.07) is 12.2. The van der Waals surface area contributed by atoms with Crippen molar-refractivity contribution < 1.29 is 4.39 Å². The standard InChI is InChI=1S/C14H12BrClFN/c1-18-14(9-3-2-4-11(17)7-9)10-5-6-12(15)13(16)8-10/h2-8,14,18H,1H3. The van der Waals surface area contributed by atoms with Crippen LogP contribution in [0.2, 0.25) is 5.02 Å². The molecule has 0 bridgehead atoms. The molecule has 94 valence electrons. The van der Waals surface area contributed by atoms with E-state index in [9.17, 15) is 4.39 Å². The van der Waals surface area contributed by atoms with E-state index in [-0.39, 0.29) is 11.9 Å². The SMILES string of the molecule is CNC(c1cccc(F)c1)c1ccc(Br)c(Cl)c1. The highest BCUT2D eigenvalue weighted by Gasteiger charge is 2.13. The average molecular weight is 329 g/mol. The highest BCUT2D eigenvalue weighted by atomic mass is 79.9. The minimum atomic E-state index is -0.240. The lowest BCUT2D eigenvalue weighted by Crippen LogP contribution is -2.17. The second-order valence-electron chi connectivity index (χ2n) is 3.95. The van der Waals surface area contributed by atoms with Crippen molar-refractivity contribution in [3.63, 3.8) is 0 Å². The fraction of sp³-hybridized carbons (Fsp3) is 0.143. The molecular weight excluding hydrogens is 317 g/mol. The van der Waals surface area contributed by atoms with Crippen LogP contribution in [-0.4, -0.2) is 7.05 Å². The summed E-state index contributed by atoms with van der Waals surface area (Å²) < 4.78 is 14.1. The van der Waals surface area contributed by atoms with Crippen molar-refractivity contribution in [1.82, 2.24) is 5.32 Å². The van der Waals surface area contributed by atoms with Gasteiger partial charge in [0.2, 0.25) is 0 Å². The first kappa shape index (κ1) is 13.5. The van der Waals surface area contributed by atoms with Crippen molar-refractivity contribution >= 4 is 27.5 Å². The maximum atomic E-state index is 13.3. The zero-order chi connectivity index (χ0) is 13.1. The van der Waals surface area contributed by atoms with E-state index in [1.165, 1.54) is 12.1 Å². The minimum absolute atomic E-state index is 0.0775. The molecule has 0 saturated carbocycles. The quantitative estimate of drug-likeness (QED) is 0.871. The van der Waals surface area contributed by atoms with E-state index in [2.05, 4.69) is 21.2 Å². The second-order valence-corrected chi connectivity index (χ2v) is 5.21. The van der Waals surface area contributed by atoms with Crippen LogP contribution in [0.5, 0.6) is 0 Å². The van der Waals surface area contributed by atoms with Gasteiger partial charge in [-0.3, -0.25) is 0 Å². The molecule has 2 aromatic carbocycles. The van der Waals surface area contributed by atoms with Crippen molar-refractivity contribution in [2.24, 2.45) is 0 Å². The van der Waals surface area contributed by atoms with Crippen molar-refractivity contribution in [1.29, 1.82) is 0 Å². The van der Waals surface area contributed by atoms with Gasteiger partial charge in [-0.1, -0.05) is 29.8 Å². The molecule has 0 radical (unpaired) electrons. The van der Waals surface area contributed by atoms with Crippen LogP contribution in [0.15, 0.2) is 46.9 Å². The summed E-state index contributed by atoms with van der Waals surface area (Å²) in [5.41, 5.74) is 1.87. The predicted octanol–water partition coefficient (Wildman–Crippen LogP) is 4.55. The number of nitrogens with one attached hydrogen (secondary N) is 1. The van der Waals surface area contributed by atoms with Crippen LogP contribution in [0.25, 0.3) is 0 Å². The maximum absolute atomic E-state index is 13.3. The van der Waals surface area contributed by atoms with Gasteiger partial charge in [-0.25, -0.2) is 4.39 Å². The van der Waals surface area contributed by atoms with E-state index in [4.69, 9.17) is 11.6 Å². The molecule has 0 fully saturated rings. The smallest absolute Gasteiger partial charge is 0.123 e. The Morgan fingerprint density at radius 3 is 2.50 bits per heavy atom. The second kappa shape index (κ2) is 5.83. The molecule has 1 unspecified atom stereocenters. The molecule has 0 aromatic heterocycles. The van der Waals surface area contributed by atoms with Crippen LogP contribution in [0.4, 0.5) is 4.39 Å². The summed E-state index contributed by atoms with van der Waals surface area (Å²) in [7, 11) is 1.84. The van der Waals surface area contributed by atoms with E-state index in [1.807, 2.05) is 31.3 Å². The molecule has 4 heteroatoms. The predicted molar refractivity (Wildman–Crippen MR) is 76.5 cm³/mol. The molecule has 1 nitrogen and oxygen atoms in total. The van der Waals surface area contributed by atoms with Crippen LogP contribution >= 0.6 is 27.5 Å². The number of benzene rings is 2. The first-order chi connectivity index (χ1) is 8.61. The van der Waals surface area contributed by atoms with Crippen LogP contribution in [0.1, 0.15) is 17.2 Å². The molecule has 0 saturated heterocycles. The number of hydrogen-bond acceptors (Lipinski definition) is 1. The van der Waals surface area contributed by atoms with Gasteiger partial charge in [-0.2, -0.15) is 0 Å². The third kappa shape index (κ3) is 2.91. The molecule has 0 aliphatic carbocycles. The van der Waals surface area contributed by atoms with E-state index in [1.54, 1.807) is 6.07 Å². The van der Waals surface area contributed by atoms with Gasteiger partial charge >= 0.3 is 0 Å². The van der Waals surface area contributed by atoms with Crippen LogP contribution in [0.3, 0.4) is 0 Å². The van der Waals surface area contributed by atoms with Crippen LogP contribution in [0, 0.1) is 5.82 Å². The Bertz CT molecular complexity index is 559. The maximum Gasteiger partial charge on any atom is 0.123 e. The third-order valence-electron chi connectivity index (χ3n) is 2.75. The summed E-state index contributed by atoms with van der Waals surface area (Å²) in [5, 5.41) is 3.81. The first-order valence-electron chi connectivity index (χ1n) is 5.49. The number of hydrogen-bond donors (Lipinski definition) is 1. The summed E-state index contributed by atoms with van der Waals surface area (Å²) in [6.07, 6.45) is 0. The Morgan fingerprint density at radius 2 is 1.89 bits per heavy atom. The first-order valence-corrected chi connectivity index (χ1v) is 6.66. The van der Waals surface area contributed by atoms with Gasteiger partial charge in [0.15, 0.2) is 0 Å². The van der Waals surface area contributed by atoms with Crippen molar-refractivity contribution in [2.75, 3.05) is 7.05 Å². The molecule has 1 N–H and O–H groups in total. The molecule has 0 amide bonds. The molecule has 0 heterocycles. The number of halogens is 3. The Morgan fingerprint density at radius 1 is 1.17 bits per heavy atom. The molecule has 0 aliphatic rings. The fourth-order valence-corrected chi connectivity index (χ4v) is 2.34. The van der Waals surface area contributed by atoms with Gasteiger partial charge in [-0.15, -0.1) is 0 Å². The van der Waals surface area contributed by atoms with Crippen molar-refractivity contribution in [3.8, 4) is 0 Å². The minimum Gasteiger partial charge on any atom is -0.309 e. The normalized spacial score (nSPS) is 12.4. The van der Waals surface area contributed by atoms with Crippen molar-refractivity contribution in [2.45, 2.75) is 6.04 Å². The lowest BCUT2D eigenvalue weighted by Gasteiger charge is -2.18. The Hall–Kier alpha value is -0.900. The van der Waals surface area contributed by atoms with Gasteiger partial charge < -0.3 is 5.32 Å².